The van der Waals surface area contributed by atoms with Gasteiger partial charge in [-0.2, -0.15) is 8.42 Å². The minimum absolute atomic E-state index is 0.00976. The van der Waals surface area contributed by atoms with Crippen molar-refractivity contribution in [2.45, 2.75) is 5.75 Å². The molecule has 0 bridgehead atoms. The Morgan fingerprint density at radius 1 is 0.968 bits per heavy atom. The highest BCUT2D eigenvalue weighted by molar-refractivity contribution is 9.11. The molecule has 4 rings (SSSR count). The monoisotopic (exact) mass is 585 g/mol. The van der Waals surface area contributed by atoms with Crippen LogP contribution in [0.25, 0.3) is 22.1 Å². The Balaban J connectivity index is 1.76. The van der Waals surface area contributed by atoms with E-state index < -0.39 is 20.8 Å². The number of nitrogens with zero attached hydrogens (tertiary/aromatic N) is 3. The third-order valence-electron chi connectivity index (χ3n) is 4.24. The Morgan fingerprint density at radius 2 is 1.65 bits per heavy atom. The summed E-state index contributed by atoms with van der Waals surface area (Å²) in [4.78, 5) is 19.3. The summed E-state index contributed by atoms with van der Waals surface area (Å²) in [5, 5.41) is 11.3. The lowest BCUT2D eigenvalue weighted by atomic mass is 10.2. The number of fused-ring (bicyclic) bond motifs is 2. The van der Waals surface area contributed by atoms with E-state index in [9.17, 15) is 18.5 Å². The molecule has 0 aliphatic rings. The number of non-ortho nitro benzene ring substituents is 1. The standard InChI is InChI=1S/C19H10Br2ClN3O5S/c20-13-8-14(21)19(18-17(13)24-16-7-11(22)3-6-15(16)23-18)30-31(28,29)9-10-1-4-12(5-2-10)25(26)27/h1-8H,9H2. The number of benzene rings is 3. The maximum atomic E-state index is 12.7. The van der Waals surface area contributed by atoms with Crippen molar-refractivity contribution >= 4 is 81.3 Å². The van der Waals surface area contributed by atoms with Crippen LogP contribution >= 0.6 is 43.5 Å². The van der Waals surface area contributed by atoms with Gasteiger partial charge in [0.15, 0.2) is 5.75 Å². The molecule has 0 saturated heterocycles. The number of nitro benzene ring substituents is 1. The first-order valence-corrected chi connectivity index (χ1v) is 12.1. The highest BCUT2D eigenvalue weighted by atomic mass is 79.9. The summed E-state index contributed by atoms with van der Waals surface area (Å²) >= 11 is 12.8. The van der Waals surface area contributed by atoms with Crippen LogP contribution in [0.5, 0.6) is 5.75 Å². The lowest BCUT2D eigenvalue weighted by Gasteiger charge is -2.12. The Bertz CT molecular complexity index is 1460. The van der Waals surface area contributed by atoms with Gasteiger partial charge in [-0.25, -0.2) is 9.97 Å². The summed E-state index contributed by atoms with van der Waals surface area (Å²) in [6.07, 6.45) is 0. The molecule has 0 aliphatic heterocycles. The Hall–Kier alpha value is -2.34. The molecule has 0 saturated carbocycles. The first kappa shape index (κ1) is 21.9. The average Bonchev–Trinajstić information content (AvgIpc) is 2.70. The number of hydrogen-bond acceptors (Lipinski definition) is 7. The van der Waals surface area contributed by atoms with Crippen molar-refractivity contribution in [1.82, 2.24) is 9.97 Å². The molecular weight excluding hydrogens is 578 g/mol. The van der Waals surface area contributed by atoms with Crippen molar-refractivity contribution in [2.75, 3.05) is 0 Å². The van der Waals surface area contributed by atoms with Crippen LogP contribution in [0.1, 0.15) is 5.56 Å². The lowest BCUT2D eigenvalue weighted by Crippen LogP contribution is -2.13. The van der Waals surface area contributed by atoms with Crippen molar-refractivity contribution in [1.29, 1.82) is 0 Å². The van der Waals surface area contributed by atoms with Gasteiger partial charge in [-0.1, -0.05) is 23.7 Å². The van der Waals surface area contributed by atoms with Gasteiger partial charge in [-0.05, 0) is 61.7 Å². The second-order valence-corrected chi connectivity index (χ2v) is 10.1. The molecule has 12 heteroatoms. The van der Waals surface area contributed by atoms with Crippen molar-refractivity contribution in [3.05, 3.63) is 78.2 Å². The molecule has 31 heavy (non-hydrogen) atoms. The van der Waals surface area contributed by atoms with E-state index in [-0.39, 0.29) is 17.0 Å². The summed E-state index contributed by atoms with van der Waals surface area (Å²) in [6, 6.07) is 11.8. The number of halogens is 3. The molecular formula is C19H10Br2ClN3O5S. The average molecular weight is 588 g/mol. The molecule has 8 nitrogen and oxygen atoms in total. The van der Waals surface area contributed by atoms with Crippen LogP contribution in [-0.2, 0) is 15.9 Å². The molecule has 0 fully saturated rings. The van der Waals surface area contributed by atoms with E-state index >= 15 is 0 Å². The second kappa shape index (κ2) is 8.30. The summed E-state index contributed by atoms with van der Waals surface area (Å²) < 4.78 is 31.8. The first-order chi connectivity index (χ1) is 14.6. The van der Waals surface area contributed by atoms with Gasteiger partial charge in [0.2, 0.25) is 0 Å². The van der Waals surface area contributed by atoms with Crippen molar-refractivity contribution in [2.24, 2.45) is 0 Å². The van der Waals surface area contributed by atoms with E-state index in [0.29, 0.717) is 36.1 Å². The van der Waals surface area contributed by atoms with E-state index in [0.717, 1.165) is 0 Å². The Morgan fingerprint density at radius 3 is 2.32 bits per heavy atom. The molecule has 158 valence electrons. The normalized spacial score (nSPS) is 11.7. The Labute approximate surface area is 197 Å². The fourth-order valence-corrected chi connectivity index (χ4v) is 5.53. The summed E-state index contributed by atoms with van der Waals surface area (Å²) in [5.41, 5.74) is 1.91. The molecule has 0 unspecified atom stereocenters. The SMILES string of the molecule is O=[N+]([O-])c1ccc(CS(=O)(=O)Oc2c(Br)cc(Br)c3nc4cc(Cl)ccc4nc23)cc1. The van der Waals surface area contributed by atoms with Gasteiger partial charge in [0, 0.05) is 21.6 Å². The van der Waals surface area contributed by atoms with Crippen molar-refractivity contribution in [3.63, 3.8) is 0 Å². The van der Waals surface area contributed by atoms with Gasteiger partial charge in [-0.15, -0.1) is 0 Å². The zero-order valence-corrected chi connectivity index (χ0v) is 20.0. The van der Waals surface area contributed by atoms with Crippen LogP contribution in [-0.4, -0.2) is 23.3 Å². The second-order valence-electron chi connectivity index (χ2n) is 6.43. The number of rotatable bonds is 5. The van der Waals surface area contributed by atoms with Crippen molar-refractivity contribution < 1.29 is 17.5 Å². The summed E-state index contributed by atoms with van der Waals surface area (Å²) in [5.74, 6) is -0.490. The van der Waals surface area contributed by atoms with Gasteiger partial charge in [0.1, 0.15) is 16.8 Å². The van der Waals surface area contributed by atoms with Crippen LogP contribution in [0.2, 0.25) is 5.02 Å². The fourth-order valence-electron chi connectivity index (χ4n) is 2.86. The van der Waals surface area contributed by atoms with Crippen molar-refractivity contribution in [3.8, 4) is 5.75 Å². The maximum absolute atomic E-state index is 12.7. The molecule has 0 aliphatic carbocycles. The molecule has 0 spiro atoms. The smallest absolute Gasteiger partial charge is 0.313 e. The molecule has 3 aromatic carbocycles. The molecule has 1 heterocycles. The van der Waals surface area contributed by atoms with Gasteiger partial charge >= 0.3 is 10.1 Å². The third-order valence-corrected chi connectivity index (χ3v) is 6.77. The molecule has 0 N–H and O–H groups in total. The summed E-state index contributed by atoms with van der Waals surface area (Å²) in [6.45, 7) is 0. The molecule has 0 atom stereocenters. The van der Waals surface area contributed by atoms with E-state index in [4.69, 9.17) is 15.8 Å². The topological polar surface area (TPSA) is 112 Å². The van der Waals surface area contributed by atoms with Gasteiger partial charge in [-0.3, -0.25) is 10.1 Å². The number of hydrogen-bond donors (Lipinski definition) is 0. The van der Waals surface area contributed by atoms with E-state index in [2.05, 4.69) is 41.8 Å². The highest BCUT2D eigenvalue weighted by Crippen LogP contribution is 2.38. The van der Waals surface area contributed by atoms with E-state index in [1.807, 2.05) is 0 Å². The molecule has 0 amide bonds. The first-order valence-electron chi connectivity index (χ1n) is 8.53. The highest BCUT2D eigenvalue weighted by Gasteiger charge is 2.22. The van der Waals surface area contributed by atoms with Gasteiger partial charge in [0.25, 0.3) is 5.69 Å². The van der Waals surface area contributed by atoms with Gasteiger partial charge < -0.3 is 4.18 Å². The number of aromatic nitrogens is 2. The molecule has 0 radical (unpaired) electrons. The van der Waals surface area contributed by atoms with Gasteiger partial charge in [0.05, 0.1) is 20.4 Å². The predicted octanol–water partition coefficient (Wildman–Crippen LogP) is 5.78. The largest absolute Gasteiger partial charge is 0.379 e. The van der Waals surface area contributed by atoms with Crippen LogP contribution in [0.15, 0.2) is 57.5 Å². The summed E-state index contributed by atoms with van der Waals surface area (Å²) in [7, 11) is -4.11. The van der Waals surface area contributed by atoms with Crippen LogP contribution < -0.4 is 4.18 Å². The lowest BCUT2D eigenvalue weighted by molar-refractivity contribution is -0.384. The van der Waals surface area contributed by atoms with Crippen LogP contribution in [0.4, 0.5) is 5.69 Å². The van der Waals surface area contributed by atoms with Crippen LogP contribution in [0, 0.1) is 10.1 Å². The Kier molecular flexibility index (Phi) is 5.86. The maximum Gasteiger partial charge on any atom is 0.313 e. The quantitative estimate of drug-likeness (QED) is 0.126. The number of nitro groups is 1. The zero-order valence-electron chi connectivity index (χ0n) is 15.3. The van der Waals surface area contributed by atoms with Crippen LogP contribution in [0.3, 0.4) is 0 Å². The third kappa shape index (κ3) is 4.64. The zero-order chi connectivity index (χ0) is 22.3. The molecule has 1 aromatic heterocycles. The minimum atomic E-state index is -4.11. The predicted molar refractivity (Wildman–Crippen MR) is 124 cm³/mol. The van der Waals surface area contributed by atoms with E-state index in [1.165, 1.54) is 24.3 Å². The molecule has 4 aromatic rings. The van der Waals surface area contributed by atoms with E-state index in [1.54, 1.807) is 24.3 Å². The fraction of sp³-hybridized carbons (Fsp3) is 0.0526. The minimum Gasteiger partial charge on any atom is -0.379 e.